The number of hydrogen-bond donors (Lipinski definition) is 1. The maximum Gasteiger partial charge on any atom is 0.228 e. The van der Waals surface area contributed by atoms with E-state index in [0.717, 1.165) is 57.4 Å². The molecule has 3 heterocycles. The van der Waals surface area contributed by atoms with E-state index in [4.69, 9.17) is 4.74 Å². The molecule has 1 aliphatic carbocycles. The van der Waals surface area contributed by atoms with Gasteiger partial charge in [-0.15, -0.1) is 0 Å². The van der Waals surface area contributed by atoms with E-state index in [1.54, 1.807) is 7.11 Å². The van der Waals surface area contributed by atoms with Crippen LogP contribution >= 0.6 is 0 Å². The van der Waals surface area contributed by atoms with Gasteiger partial charge in [-0.25, -0.2) is 0 Å². The minimum absolute atomic E-state index is 0.0739. The van der Waals surface area contributed by atoms with Gasteiger partial charge >= 0.3 is 0 Å². The summed E-state index contributed by atoms with van der Waals surface area (Å²) in [4.78, 5) is 21.1. The molecule has 2 aromatic heterocycles. The Labute approximate surface area is 218 Å². The second-order valence-electron chi connectivity index (χ2n) is 10.5. The molecule has 2 atom stereocenters. The summed E-state index contributed by atoms with van der Waals surface area (Å²) in [5.74, 6) is 0.408. The van der Waals surface area contributed by atoms with E-state index in [2.05, 4.69) is 74.5 Å². The van der Waals surface area contributed by atoms with E-state index >= 15 is 0 Å². The molecule has 1 aliphatic heterocycles. The van der Waals surface area contributed by atoms with Crippen molar-refractivity contribution in [3.8, 4) is 0 Å². The van der Waals surface area contributed by atoms with E-state index in [1.807, 2.05) is 12.3 Å². The highest BCUT2D eigenvalue weighted by Crippen LogP contribution is 2.38. The zero-order valence-corrected chi connectivity index (χ0v) is 21.6. The average Bonchev–Trinajstić information content (AvgIpc) is 3.74. The van der Waals surface area contributed by atoms with E-state index in [0.29, 0.717) is 12.6 Å². The van der Waals surface area contributed by atoms with Gasteiger partial charge in [0.1, 0.15) is 0 Å². The van der Waals surface area contributed by atoms with Crippen LogP contribution in [-0.4, -0.2) is 53.2 Å². The van der Waals surface area contributed by atoms with Crippen LogP contribution in [0.5, 0.6) is 0 Å². The molecule has 37 heavy (non-hydrogen) atoms. The smallest absolute Gasteiger partial charge is 0.228 e. The van der Waals surface area contributed by atoms with Gasteiger partial charge in [-0.1, -0.05) is 36.4 Å². The maximum atomic E-state index is 14.3. The lowest BCUT2D eigenvalue weighted by Gasteiger charge is -2.36. The number of piperidine rings is 1. The van der Waals surface area contributed by atoms with Crippen LogP contribution in [0.2, 0.25) is 0 Å². The maximum absolute atomic E-state index is 14.3. The lowest BCUT2D eigenvalue weighted by molar-refractivity contribution is -0.138. The quantitative estimate of drug-likeness (QED) is 0.327. The van der Waals surface area contributed by atoms with Gasteiger partial charge in [0.05, 0.1) is 11.4 Å². The van der Waals surface area contributed by atoms with Gasteiger partial charge < -0.3 is 19.5 Å². The summed E-state index contributed by atoms with van der Waals surface area (Å²) in [6.45, 7) is 3.98. The number of methoxy groups -OCH3 is 1. The summed E-state index contributed by atoms with van der Waals surface area (Å²) in [6, 6.07) is 19.4. The van der Waals surface area contributed by atoms with Crippen LogP contribution in [0.1, 0.15) is 42.7 Å². The number of aryl methyl sites for hydroxylation is 1. The summed E-state index contributed by atoms with van der Waals surface area (Å²) < 4.78 is 7.61. The number of nitrogens with one attached hydrogen (secondary N) is 1. The van der Waals surface area contributed by atoms with Gasteiger partial charge in [-0.05, 0) is 67.5 Å². The second-order valence-corrected chi connectivity index (χ2v) is 10.5. The van der Waals surface area contributed by atoms with Crippen LogP contribution in [0.15, 0.2) is 67.0 Å². The Hall–Kier alpha value is -3.22. The van der Waals surface area contributed by atoms with Crippen molar-refractivity contribution in [2.24, 2.45) is 5.92 Å². The first-order valence-electron chi connectivity index (χ1n) is 13.6. The van der Waals surface area contributed by atoms with Crippen LogP contribution in [0.4, 0.5) is 0 Å². The van der Waals surface area contributed by atoms with Crippen molar-refractivity contribution in [2.75, 3.05) is 26.8 Å². The van der Waals surface area contributed by atoms with E-state index in [9.17, 15) is 4.79 Å². The van der Waals surface area contributed by atoms with Crippen molar-refractivity contribution < 1.29 is 9.53 Å². The van der Waals surface area contributed by atoms with Crippen LogP contribution in [-0.2, 0) is 22.6 Å². The topological polar surface area (TPSA) is 59.4 Å². The molecule has 0 unspecified atom stereocenters. The molecule has 6 nitrogen and oxygen atoms in total. The van der Waals surface area contributed by atoms with Crippen molar-refractivity contribution in [2.45, 2.75) is 50.7 Å². The van der Waals surface area contributed by atoms with Gasteiger partial charge in [0.15, 0.2) is 0 Å². The number of nitrogens with zero attached hydrogens (tertiary/aromatic N) is 3. The molecule has 2 aliphatic rings. The highest BCUT2D eigenvalue weighted by Gasteiger charge is 2.40. The number of aromatic nitrogens is 2. The normalized spacial score (nSPS) is 19.9. The number of pyridine rings is 1. The van der Waals surface area contributed by atoms with E-state index < -0.39 is 0 Å². The highest BCUT2D eigenvalue weighted by atomic mass is 16.5. The minimum Gasteiger partial charge on any atom is -0.385 e. The number of amides is 1. The van der Waals surface area contributed by atoms with E-state index in [1.165, 1.54) is 27.4 Å². The first kappa shape index (κ1) is 24.1. The number of ether oxygens (including phenoxy) is 1. The molecular weight excluding hydrogens is 460 g/mol. The third-order valence-corrected chi connectivity index (χ3v) is 8.11. The highest BCUT2D eigenvalue weighted by molar-refractivity contribution is 5.87. The Kier molecular flexibility index (Phi) is 6.94. The van der Waals surface area contributed by atoms with Gasteiger partial charge in [0, 0.05) is 68.1 Å². The van der Waals surface area contributed by atoms with Gasteiger partial charge in [0.2, 0.25) is 5.91 Å². The Morgan fingerprint density at radius 2 is 1.95 bits per heavy atom. The fourth-order valence-corrected chi connectivity index (χ4v) is 6.12. The molecule has 6 rings (SSSR count). The third-order valence-electron chi connectivity index (χ3n) is 8.11. The van der Waals surface area contributed by atoms with Crippen molar-refractivity contribution in [3.63, 3.8) is 0 Å². The van der Waals surface area contributed by atoms with Crippen LogP contribution < -0.4 is 5.32 Å². The number of para-hydroxylation sites is 1. The van der Waals surface area contributed by atoms with Crippen molar-refractivity contribution in [1.82, 2.24) is 19.8 Å². The Balaban J connectivity index is 1.30. The minimum atomic E-state index is -0.0739. The van der Waals surface area contributed by atoms with Crippen LogP contribution in [0.25, 0.3) is 21.8 Å². The average molecular weight is 497 g/mol. The van der Waals surface area contributed by atoms with E-state index in [-0.39, 0.29) is 17.7 Å². The molecule has 2 aromatic carbocycles. The molecule has 4 aromatic rings. The number of carbonyl (C=O) groups is 1. The zero-order valence-electron chi connectivity index (χ0n) is 21.6. The lowest BCUT2D eigenvalue weighted by Crippen LogP contribution is -2.47. The monoisotopic (exact) mass is 496 g/mol. The predicted molar refractivity (Wildman–Crippen MR) is 147 cm³/mol. The molecule has 2 fully saturated rings. The SMILES string of the molecule is COCCCn1cc(CN(C(=O)[C@H]2CNCC[C@@H]2c2cccc3ncccc23)C2CC2)c2ccccc21. The molecule has 1 saturated heterocycles. The molecule has 1 amide bonds. The number of hydrogen-bond acceptors (Lipinski definition) is 4. The molecule has 0 radical (unpaired) electrons. The van der Waals surface area contributed by atoms with Crippen molar-refractivity contribution in [3.05, 3.63) is 78.1 Å². The first-order valence-corrected chi connectivity index (χ1v) is 13.6. The Bertz CT molecular complexity index is 1390. The van der Waals surface area contributed by atoms with Crippen molar-refractivity contribution >= 4 is 27.7 Å². The molecule has 6 heteroatoms. The van der Waals surface area contributed by atoms with Crippen molar-refractivity contribution in [1.29, 1.82) is 0 Å². The first-order chi connectivity index (χ1) is 18.2. The van der Waals surface area contributed by atoms with Gasteiger partial charge in [0.25, 0.3) is 0 Å². The molecular formula is C31H36N4O2. The molecule has 0 bridgehead atoms. The fourth-order valence-electron chi connectivity index (χ4n) is 6.12. The fraction of sp³-hybridized carbons (Fsp3) is 0.419. The number of fused-ring (bicyclic) bond motifs is 2. The van der Waals surface area contributed by atoms with Crippen LogP contribution in [0.3, 0.4) is 0 Å². The number of carbonyl (C=O) groups excluding carboxylic acids is 1. The van der Waals surface area contributed by atoms with Crippen LogP contribution in [0, 0.1) is 5.92 Å². The summed E-state index contributed by atoms with van der Waals surface area (Å²) in [7, 11) is 1.75. The predicted octanol–water partition coefficient (Wildman–Crippen LogP) is 5.11. The molecule has 0 spiro atoms. The summed E-state index contributed by atoms with van der Waals surface area (Å²) in [5, 5.41) is 5.94. The number of benzene rings is 2. The zero-order chi connectivity index (χ0) is 25.2. The third kappa shape index (κ3) is 4.88. The number of rotatable bonds is 9. The molecule has 1 saturated carbocycles. The molecule has 1 N–H and O–H groups in total. The Morgan fingerprint density at radius 1 is 1.08 bits per heavy atom. The molecule has 192 valence electrons. The Morgan fingerprint density at radius 3 is 2.81 bits per heavy atom. The van der Waals surface area contributed by atoms with Gasteiger partial charge in [-0.3, -0.25) is 9.78 Å². The summed E-state index contributed by atoms with van der Waals surface area (Å²) in [5.41, 5.74) is 4.74. The second kappa shape index (κ2) is 10.6. The standard InChI is InChI=1S/C31H36N4O2/c1-37-18-6-17-34-20-22(24-7-2-3-11-30(24)34)21-35(23-12-13-23)31(36)28-19-32-16-14-26(28)25-8-4-10-29-27(25)9-5-15-33-29/h2-5,7-11,15,20,23,26,28,32H,6,12-14,16-19,21H2,1H3/t26-,28+/m1/s1. The summed E-state index contributed by atoms with van der Waals surface area (Å²) >= 11 is 0. The lowest BCUT2D eigenvalue weighted by atomic mass is 9.79. The summed E-state index contributed by atoms with van der Waals surface area (Å²) in [6.07, 6.45) is 8.23. The van der Waals surface area contributed by atoms with Gasteiger partial charge in [-0.2, -0.15) is 0 Å². The largest absolute Gasteiger partial charge is 0.385 e.